The molecule has 0 saturated heterocycles. The van der Waals surface area contributed by atoms with E-state index in [0.29, 0.717) is 11.6 Å². The third-order valence-corrected chi connectivity index (χ3v) is 2.99. The molecule has 2 aromatic rings. The first-order chi connectivity index (χ1) is 10.9. The Hall–Kier alpha value is -2.83. The number of hydrogen-bond donors (Lipinski definition) is 1. The molecule has 7 heteroatoms. The quantitative estimate of drug-likeness (QED) is 0.880. The Bertz CT molecular complexity index is 762. The van der Waals surface area contributed by atoms with Gasteiger partial charge in [-0.25, -0.2) is 18.0 Å². The van der Waals surface area contributed by atoms with E-state index >= 15 is 0 Å². The van der Waals surface area contributed by atoms with Crippen LogP contribution in [0.15, 0.2) is 36.4 Å². The minimum atomic E-state index is -1.10. The van der Waals surface area contributed by atoms with Crippen molar-refractivity contribution in [1.29, 1.82) is 0 Å². The molecular formula is C16H12F3NO3. The smallest absolute Gasteiger partial charge is 0.340 e. The van der Waals surface area contributed by atoms with Gasteiger partial charge in [0.15, 0.2) is 0 Å². The predicted octanol–water partition coefficient (Wildman–Crippen LogP) is 3.07. The number of amides is 1. The fourth-order valence-corrected chi connectivity index (χ4v) is 1.94. The minimum absolute atomic E-state index is 0.206. The summed E-state index contributed by atoms with van der Waals surface area (Å²) in [5.41, 5.74) is -0.485. The van der Waals surface area contributed by atoms with E-state index in [0.717, 1.165) is 13.2 Å². The Morgan fingerprint density at radius 3 is 2.48 bits per heavy atom. The van der Waals surface area contributed by atoms with Crippen molar-refractivity contribution in [2.24, 2.45) is 0 Å². The number of esters is 1. The molecule has 2 rings (SSSR count). The van der Waals surface area contributed by atoms with E-state index in [1.807, 2.05) is 0 Å². The van der Waals surface area contributed by atoms with Crippen molar-refractivity contribution in [2.75, 3.05) is 12.4 Å². The number of benzene rings is 2. The van der Waals surface area contributed by atoms with E-state index in [9.17, 15) is 22.8 Å². The normalized spacial score (nSPS) is 10.3. The van der Waals surface area contributed by atoms with E-state index in [-0.39, 0.29) is 12.1 Å². The van der Waals surface area contributed by atoms with E-state index in [1.54, 1.807) is 0 Å². The summed E-state index contributed by atoms with van der Waals surface area (Å²) in [5.74, 6) is -4.28. The highest BCUT2D eigenvalue weighted by molar-refractivity contribution is 5.95. The zero-order chi connectivity index (χ0) is 17.0. The fourth-order valence-electron chi connectivity index (χ4n) is 1.94. The topological polar surface area (TPSA) is 55.4 Å². The van der Waals surface area contributed by atoms with Gasteiger partial charge in [0, 0.05) is 6.07 Å². The maximum Gasteiger partial charge on any atom is 0.340 e. The summed E-state index contributed by atoms with van der Waals surface area (Å²) in [6, 6.07) is 6.68. The first-order valence-corrected chi connectivity index (χ1v) is 6.52. The van der Waals surface area contributed by atoms with E-state index in [4.69, 9.17) is 0 Å². The van der Waals surface area contributed by atoms with Gasteiger partial charge in [0.1, 0.15) is 17.5 Å². The number of carbonyl (C=O) groups excluding carboxylic acids is 2. The summed E-state index contributed by atoms with van der Waals surface area (Å²) in [6.45, 7) is 0. The van der Waals surface area contributed by atoms with Gasteiger partial charge < -0.3 is 10.1 Å². The van der Waals surface area contributed by atoms with Crippen LogP contribution in [0.3, 0.4) is 0 Å². The molecule has 1 N–H and O–H groups in total. The third kappa shape index (κ3) is 4.09. The summed E-state index contributed by atoms with van der Waals surface area (Å²) >= 11 is 0. The highest BCUT2D eigenvalue weighted by Gasteiger charge is 2.18. The molecule has 2 aromatic carbocycles. The summed E-state index contributed by atoms with van der Waals surface area (Å²) < 4.78 is 44.6. The zero-order valence-electron chi connectivity index (χ0n) is 12.0. The lowest BCUT2D eigenvalue weighted by molar-refractivity contribution is -0.115. The maximum atomic E-state index is 13.7. The molecule has 0 heterocycles. The molecule has 120 valence electrons. The molecule has 4 nitrogen and oxygen atoms in total. The second-order valence-electron chi connectivity index (χ2n) is 4.66. The Kier molecular flexibility index (Phi) is 5.00. The molecule has 0 fully saturated rings. The van der Waals surface area contributed by atoms with Crippen molar-refractivity contribution in [2.45, 2.75) is 6.42 Å². The molecule has 1 amide bonds. The Balaban J connectivity index is 2.19. The Morgan fingerprint density at radius 2 is 1.83 bits per heavy atom. The molecule has 23 heavy (non-hydrogen) atoms. The standard InChI is InChI=1S/C16H12F3NO3/c1-23-16(22)11-7-14(13(19)8-12(11)18)20-15(21)6-9-3-2-4-10(17)5-9/h2-5,7-8H,6H2,1H3,(H,20,21). The van der Waals surface area contributed by atoms with Crippen LogP contribution in [-0.2, 0) is 16.0 Å². The van der Waals surface area contributed by atoms with E-state index < -0.39 is 34.9 Å². The second kappa shape index (κ2) is 6.95. The summed E-state index contributed by atoms with van der Waals surface area (Å²) in [5, 5.41) is 2.21. The van der Waals surface area contributed by atoms with Crippen LogP contribution in [0.2, 0.25) is 0 Å². The first-order valence-electron chi connectivity index (χ1n) is 6.52. The van der Waals surface area contributed by atoms with Crippen LogP contribution in [0, 0.1) is 17.5 Å². The molecule has 0 aliphatic heterocycles. The van der Waals surface area contributed by atoms with Crippen molar-refractivity contribution in [1.82, 2.24) is 0 Å². The lowest BCUT2D eigenvalue weighted by Gasteiger charge is -2.09. The number of ether oxygens (including phenoxy) is 1. The van der Waals surface area contributed by atoms with E-state index in [2.05, 4.69) is 10.1 Å². The number of halogens is 3. The van der Waals surface area contributed by atoms with Gasteiger partial charge in [-0.05, 0) is 23.8 Å². The van der Waals surface area contributed by atoms with Gasteiger partial charge in [0.05, 0.1) is 24.8 Å². The average Bonchev–Trinajstić information content (AvgIpc) is 2.49. The maximum absolute atomic E-state index is 13.7. The third-order valence-electron chi connectivity index (χ3n) is 2.99. The monoisotopic (exact) mass is 323 g/mol. The number of nitrogens with one attached hydrogen (secondary N) is 1. The van der Waals surface area contributed by atoms with Crippen molar-refractivity contribution >= 4 is 17.6 Å². The van der Waals surface area contributed by atoms with Crippen molar-refractivity contribution < 1.29 is 27.5 Å². The van der Waals surface area contributed by atoms with Gasteiger partial charge in [-0.2, -0.15) is 0 Å². The Morgan fingerprint density at radius 1 is 1.09 bits per heavy atom. The van der Waals surface area contributed by atoms with Gasteiger partial charge >= 0.3 is 5.97 Å². The number of hydrogen-bond acceptors (Lipinski definition) is 3. The highest BCUT2D eigenvalue weighted by atomic mass is 19.1. The van der Waals surface area contributed by atoms with Crippen molar-refractivity contribution in [3.8, 4) is 0 Å². The van der Waals surface area contributed by atoms with Crippen LogP contribution in [0.25, 0.3) is 0 Å². The average molecular weight is 323 g/mol. The van der Waals surface area contributed by atoms with Crippen LogP contribution >= 0.6 is 0 Å². The van der Waals surface area contributed by atoms with Crippen LogP contribution in [0.5, 0.6) is 0 Å². The van der Waals surface area contributed by atoms with Gasteiger partial charge in [-0.3, -0.25) is 4.79 Å². The molecule has 0 unspecified atom stereocenters. The molecule has 0 aromatic heterocycles. The van der Waals surface area contributed by atoms with Gasteiger partial charge in [-0.1, -0.05) is 12.1 Å². The molecule has 0 saturated carbocycles. The molecule has 0 spiro atoms. The number of rotatable bonds is 4. The van der Waals surface area contributed by atoms with Crippen LogP contribution in [0.1, 0.15) is 15.9 Å². The zero-order valence-corrected chi connectivity index (χ0v) is 12.0. The molecular weight excluding hydrogens is 311 g/mol. The second-order valence-corrected chi connectivity index (χ2v) is 4.66. The molecule has 0 radical (unpaired) electrons. The SMILES string of the molecule is COC(=O)c1cc(NC(=O)Cc2cccc(F)c2)c(F)cc1F. The van der Waals surface area contributed by atoms with Gasteiger partial charge in [0.25, 0.3) is 0 Å². The predicted molar refractivity (Wildman–Crippen MR) is 76.4 cm³/mol. The largest absolute Gasteiger partial charge is 0.465 e. The van der Waals surface area contributed by atoms with Crippen molar-refractivity contribution in [3.63, 3.8) is 0 Å². The van der Waals surface area contributed by atoms with E-state index in [1.165, 1.54) is 24.3 Å². The number of methoxy groups -OCH3 is 1. The molecule has 0 atom stereocenters. The van der Waals surface area contributed by atoms with Crippen molar-refractivity contribution in [3.05, 3.63) is 65.0 Å². The lowest BCUT2D eigenvalue weighted by atomic mass is 10.1. The molecule has 0 aliphatic carbocycles. The van der Waals surface area contributed by atoms with Crippen LogP contribution in [0.4, 0.5) is 18.9 Å². The number of carbonyl (C=O) groups is 2. The lowest BCUT2D eigenvalue weighted by Crippen LogP contribution is -2.16. The summed E-state index contributed by atoms with van der Waals surface area (Å²) in [7, 11) is 1.05. The number of anilines is 1. The summed E-state index contributed by atoms with van der Waals surface area (Å²) in [6.07, 6.45) is -0.206. The first kappa shape index (κ1) is 16.5. The Labute approximate surface area is 129 Å². The highest BCUT2D eigenvalue weighted by Crippen LogP contribution is 2.20. The molecule has 0 aliphatic rings. The van der Waals surface area contributed by atoms with Gasteiger partial charge in [0.2, 0.25) is 5.91 Å². The van der Waals surface area contributed by atoms with Crippen LogP contribution < -0.4 is 5.32 Å². The minimum Gasteiger partial charge on any atom is -0.465 e. The fraction of sp³-hybridized carbons (Fsp3) is 0.125. The van der Waals surface area contributed by atoms with Crippen LogP contribution in [-0.4, -0.2) is 19.0 Å². The molecule has 0 bridgehead atoms. The summed E-state index contributed by atoms with van der Waals surface area (Å²) in [4.78, 5) is 23.2. The van der Waals surface area contributed by atoms with Gasteiger partial charge in [-0.15, -0.1) is 0 Å².